The van der Waals surface area contributed by atoms with E-state index >= 15 is 0 Å². The second-order valence-corrected chi connectivity index (χ2v) is 5.78. The van der Waals surface area contributed by atoms with Gasteiger partial charge in [-0.2, -0.15) is 0 Å². The highest BCUT2D eigenvalue weighted by Gasteiger charge is 2.39. The fraction of sp³-hybridized carbons (Fsp3) is 0.412. The van der Waals surface area contributed by atoms with E-state index in [1.165, 1.54) is 0 Å². The molecule has 0 amide bonds. The van der Waals surface area contributed by atoms with Crippen LogP contribution in [-0.2, 0) is 9.47 Å². The SMILES string of the molecule is CCOC(=O)c1ccnc2ccc(N3C[C@H]4C[C@@H]3CO4)cc12. The van der Waals surface area contributed by atoms with E-state index in [4.69, 9.17) is 9.47 Å². The minimum absolute atomic E-state index is 0.293. The van der Waals surface area contributed by atoms with E-state index in [2.05, 4.69) is 22.0 Å². The number of aromatic nitrogens is 1. The molecule has 5 nitrogen and oxygen atoms in total. The van der Waals surface area contributed by atoms with Crippen molar-refractivity contribution in [2.45, 2.75) is 25.5 Å². The predicted molar refractivity (Wildman–Crippen MR) is 83.2 cm³/mol. The standard InChI is InChI=1S/C17H18N2O3/c1-2-21-17(20)14-5-6-18-16-4-3-11(8-15(14)16)19-9-13-7-12(19)10-22-13/h3-6,8,12-13H,2,7,9-10H2,1H3/t12-,13-/m1/s1. The number of hydrogen-bond donors (Lipinski definition) is 0. The number of carbonyl (C=O) groups excluding carboxylic acids is 1. The third-order valence-corrected chi connectivity index (χ3v) is 4.45. The van der Waals surface area contributed by atoms with Crippen LogP contribution in [0.5, 0.6) is 0 Å². The summed E-state index contributed by atoms with van der Waals surface area (Å²) in [5.41, 5.74) is 2.52. The number of nitrogens with zero attached hydrogens (tertiary/aromatic N) is 2. The maximum absolute atomic E-state index is 12.1. The molecule has 2 saturated heterocycles. The fourth-order valence-electron chi connectivity index (χ4n) is 3.42. The molecule has 0 aliphatic carbocycles. The lowest BCUT2D eigenvalue weighted by atomic mass is 10.1. The summed E-state index contributed by atoms with van der Waals surface area (Å²) >= 11 is 0. The van der Waals surface area contributed by atoms with E-state index < -0.39 is 0 Å². The van der Waals surface area contributed by atoms with Gasteiger partial charge >= 0.3 is 5.97 Å². The summed E-state index contributed by atoms with van der Waals surface area (Å²) in [4.78, 5) is 18.9. The molecule has 4 rings (SSSR count). The highest BCUT2D eigenvalue weighted by Crippen LogP contribution is 2.34. The third kappa shape index (κ3) is 2.13. The average Bonchev–Trinajstić information content (AvgIpc) is 3.17. The summed E-state index contributed by atoms with van der Waals surface area (Å²) in [6.07, 6.45) is 3.09. The van der Waals surface area contributed by atoms with Crippen molar-refractivity contribution in [3.05, 3.63) is 36.0 Å². The van der Waals surface area contributed by atoms with E-state index in [9.17, 15) is 4.79 Å². The number of fused-ring (bicyclic) bond motifs is 3. The van der Waals surface area contributed by atoms with Crippen molar-refractivity contribution in [2.75, 3.05) is 24.7 Å². The molecule has 114 valence electrons. The minimum Gasteiger partial charge on any atom is -0.462 e. The van der Waals surface area contributed by atoms with E-state index in [0.29, 0.717) is 24.3 Å². The maximum atomic E-state index is 12.1. The first kappa shape index (κ1) is 13.5. The van der Waals surface area contributed by atoms with Crippen molar-refractivity contribution in [2.24, 2.45) is 0 Å². The number of rotatable bonds is 3. The Balaban J connectivity index is 1.76. The van der Waals surface area contributed by atoms with Gasteiger partial charge in [0.2, 0.25) is 0 Å². The molecule has 2 bridgehead atoms. The van der Waals surface area contributed by atoms with E-state index in [0.717, 1.165) is 36.2 Å². The van der Waals surface area contributed by atoms with Crippen molar-refractivity contribution in [1.29, 1.82) is 0 Å². The molecule has 2 atom stereocenters. The molecule has 0 unspecified atom stereocenters. The van der Waals surface area contributed by atoms with Crippen LogP contribution in [0.3, 0.4) is 0 Å². The van der Waals surface area contributed by atoms with Crippen LogP contribution < -0.4 is 4.90 Å². The van der Waals surface area contributed by atoms with Crippen LogP contribution in [0.15, 0.2) is 30.5 Å². The Kier molecular flexibility index (Phi) is 3.22. The number of morpholine rings is 1. The van der Waals surface area contributed by atoms with Gasteiger partial charge in [-0.05, 0) is 37.6 Å². The minimum atomic E-state index is -0.293. The van der Waals surface area contributed by atoms with Gasteiger partial charge in [0.25, 0.3) is 0 Å². The Morgan fingerprint density at radius 1 is 1.45 bits per heavy atom. The predicted octanol–water partition coefficient (Wildman–Crippen LogP) is 2.39. The zero-order chi connectivity index (χ0) is 15.1. The number of hydrogen-bond acceptors (Lipinski definition) is 5. The van der Waals surface area contributed by atoms with Gasteiger partial charge in [0.05, 0.1) is 36.4 Å². The van der Waals surface area contributed by atoms with E-state index in [-0.39, 0.29) is 5.97 Å². The van der Waals surface area contributed by atoms with Gasteiger partial charge in [-0.15, -0.1) is 0 Å². The highest BCUT2D eigenvalue weighted by molar-refractivity contribution is 6.04. The molecule has 2 fully saturated rings. The molecule has 22 heavy (non-hydrogen) atoms. The molecule has 0 spiro atoms. The van der Waals surface area contributed by atoms with Crippen LogP contribution in [0.1, 0.15) is 23.7 Å². The number of ether oxygens (including phenoxy) is 2. The Morgan fingerprint density at radius 3 is 3.09 bits per heavy atom. The Hall–Kier alpha value is -2.14. The molecule has 0 radical (unpaired) electrons. The van der Waals surface area contributed by atoms with Crippen molar-refractivity contribution in [3.8, 4) is 0 Å². The normalized spacial score (nSPS) is 23.2. The topological polar surface area (TPSA) is 51.7 Å². The summed E-state index contributed by atoms with van der Waals surface area (Å²) in [6, 6.07) is 8.27. The lowest BCUT2D eigenvalue weighted by molar-refractivity contribution is 0.0528. The van der Waals surface area contributed by atoms with Crippen molar-refractivity contribution in [1.82, 2.24) is 4.98 Å². The number of esters is 1. The fourth-order valence-corrected chi connectivity index (χ4v) is 3.42. The number of anilines is 1. The second kappa shape index (κ2) is 5.25. The monoisotopic (exact) mass is 298 g/mol. The molecule has 1 aromatic carbocycles. The zero-order valence-corrected chi connectivity index (χ0v) is 12.5. The van der Waals surface area contributed by atoms with Crippen LogP contribution in [-0.4, -0.2) is 42.9 Å². The average molecular weight is 298 g/mol. The van der Waals surface area contributed by atoms with Crippen molar-refractivity contribution >= 4 is 22.6 Å². The zero-order valence-electron chi connectivity index (χ0n) is 12.5. The molecular weight excluding hydrogens is 280 g/mol. The first-order valence-corrected chi connectivity index (χ1v) is 7.70. The summed E-state index contributed by atoms with van der Waals surface area (Å²) < 4.78 is 10.8. The lowest BCUT2D eigenvalue weighted by Crippen LogP contribution is -2.36. The van der Waals surface area contributed by atoms with Gasteiger partial charge in [-0.3, -0.25) is 4.98 Å². The smallest absolute Gasteiger partial charge is 0.338 e. The van der Waals surface area contributed by atoms with Gasteiger partial charge < -0.3 is 14.4 Å². The maximum Gasteiger partial charge on any atom is 0.338 e. The van der Waals surface area contributed by atoms with E-state index in [1.807, 2.05) is 13.0 Å². The molecule has 2 aliphatic rings. The van der Waals surface area contributed by atoms with Crippen LogP contribution >= 0.6 is 0 Å². The van der Waals surface area contributed by atoms with Crippen LogP contribution in [0.4, 0.5) is 5.69 Å². The van der Waals surface area contributed by atoms with Crippen LogP contribution in [0.25, 0.3) is 10.9 Å². The van der Waals surface area contributed by atoms with Gasteiger partial charge in [0.15, 0.2) is 0 Å². The van der Waals surface area contributed by atoms with Crippen LogP contribution in [0.2, 0.25) is 0 Å². The number of benzene rings is 1. The second-order valence-electron chi connectivity index (χ2n) is 5.78. The molecular formula is C17H18N2O3. The Morgan fingerprint density at radius 2 is 2.36 bits per heavy atom. The molecule has 5 heteroatoms. The number of carbonyl (C=O) groups is 1. The molecule has 3 heterocycles. The van der Waals surface area contributed by atoms with Gasteiger partial charge in [-0.25, -0.2) is 4.79 Å². The first-order valence-electron chi connectivity index (χ1n) is 7.70. The molecule has 1 aromatic heterocycles. The molecule has 2 aromatic rings. The summed E-state index contributed by atoms with van der Waals surface area (Å²) in [5, 5.41) is 0.849. The first-order chi connectivity index (χ1) is 10.8. The molecule has 2 aliphatic heterocycles. The lowest BCUT2D eigenvalue weighted by Gasteiger charge is -2.29. The summed E-state index contributed by atoms with van der Waals surface area (Å²) in [7, 11) is 0. The van der Waals surface area contributed by atoms with E-state index in [1.54, 1.807) is 12.3 Å². The van der Waals surface area contributed by atoms with Crippen molar-refractivity contribution in [3.63, 3.8) is 0 Å². The largest absolute Gasteiger partial charge is 0.462 e. The quantitative estimate of drug-likeness (QED) is 0.814. The summed E-state index contributed by atoms with van der Waals surface area (Å²) in [5.74, 6) is -0.293. The van der Waals surface area contributed by atoms with Gasteiger partial charge in [-0.1, -0.05) is 0 Å². The van der Waals surface area contributed by atoms with Gasteiger partial charge in [0.1, 0.15) is 0 Å². The summed E-state index contributed by atoms with van der Waals surface area (Å²) in [6.45, 7) is 3.90. The van der Waals surface area contributed by atoms with Crippen LogP contribution in [0, 0.1) is 0 Å². The number of pyridine rings is 1. The van der Waals surface area contributed by atoms with Crippen molar-refractivity contribution < 1.29 is 14.3 Å². The third-order valence-electron chi connectivity index (χ3n) is 4.45. The highest BCUT2D eigenvalue weighted by atomic mass is 16.5. The van der Waals surface area contributed by atoms with Gasteiger partial charge in [0, 0.05) is 23.8 Å². The molecule has 0 N–H and O–H groups in total. The Labute approximate surface area is 128 Å². The molecule has 0 saturated carbocycles. The Bertz CT molecular complexity index is 731.